The lowest BCUT2D eigenvalue weighted by Gasteiger charge is -2.23. The van der Waals surface area contributed by atoms with Crippen molar-refractivity contribution in [2.75, 3.05) is 24.6 Å². The number of hydrogen-bond acceptors (Lipinski definition) is 2. The number of benzene rings is 1. The van der Waals surface area contributed by atoms with Crippen molar-refractivity contribution in [1.82, 2.24) is 0 Å². The van der Waals surface area contributed by atoms with Gasteiger partial charge in [0.25, 0.3) is 0 Å². The van der Waals surface area contributed by atoms with Crippen LogP contribution in [0.3, 0.4) is 0 Å². The third kappa shape index (κ3) is 5.18. The number of hydrogen-bond donors (Lipinski definition) is 1. The second-order valence-corrected chi connectivity index (χ2v) is 4.19. The zero-order valence-electron chi connectivity index (χ0n) is 10.5. The summed E-state index contributed by atoms with van der Waals surface area (Å²) < 4.78 is 12.8. The molecule has 1 aromatic carbocycles. The minimum Gasteiger partial charge on any atom is -0.396 e. The molecule has 0 aliphatic carbocycles. The summed E-state index contributed by atoms with van der Waals surface area (Å²) in [4.78, 5) is 2.25. The van der Waals surface area contributed by atoms with Crippen molar-refractivity contribution in [1.29, 1.82) is 0 Å². The molecule has 0 atom stereocenters. The molecule has 0 unspecified atom stereocenters. The Balaban J connectivity index is 2.35. The van der Waals surface area contributed by atoms with Crippen LogP contribution >= 0.6 is 0 Å². The molecule has 0 heterocycles. The Morgan fingerprint density at radius 3 is 2.29 bits per heavy atom. The Kier molecular flexibility index (Phi) is 6.63. The molecule has 0 radical (unpaired) electrons. The van der Waals surface area contributed by atoms with E-state index in [4.69, 9.17) is 5.11 Å². The lowest BCUT2D eigenvalue weighted by molar-refractivity contribution is 0.282. The smallest absolute Gasteiger partial charge is 0.123 e. The van der Waals surface area contributed by atoms with Gasteiger partial charge in [-0.1, -0.05) is 12.8 Å². The quantitative estimate of drug-likeness (QED) is 0.704. The van der Waals surface area contributed by atoms with Crippen molar-refractivity contribution >= 4 is 5.69 Å². The minimum atomic E-state index is -0.187. The van der Waals surface area contributed by atoms with Gasteiger partial charge in [0, 0.05) is 25.4 Å². The number of unbranched alkanes of at least 4 members (excludes halogenated alkanes) is 3. The lowest BCUT2D eigenvalue weighted by Crippen LogP contribution is -2.23. The maximum absolute atomic E-state index is 12.8. The number of aliphatic hydroxyl groups excluding tert-OH is 1. The first kappa shape index (κ1) is 14.0. The van der Waals surface area contributed by atoms with E-state index in [1.165, 1.54) is 12.1 Å². The molecule has 3 heteroatoms. The van der Waals surface area contributed by atoms with Crippen molar-refractivity contribution in [3.05, 3.63) is 30.1 Å². The summed E-state index contributed by atoms with van der Waals surface area (Å²) in [5.41, 5.74) is 1.08. The van der Waals surface area contributed by atoms with Gasteiger partial charge in [-0.15, -0.1) is 0 Å². The van der Waals surface area contributed by atoms with Crippen LogP contribution in [0.1, 0.15) is 32.6 Å². The van der Waals surface area contributed by atoms with Crippen LogP contribution in [0, 0.1) is 5.82 Å². The fourth-order valence-electron chi connectivity index (χ4n) is 1.89. The molecule has 2 nitrogen and oxygen atoms in total. The van der Waals surface area contributed by atoms with Gasteiger partial charge in [0.2, 0.25) is 0 Å². The standard InChI is InChI=1S/C14H22FNO/c1-2-16(11-5-3-4-6-12-17)14-9-7-13(15)8-10-14/h7-10,17H,2-6,11-12H2,1H3. The monoisotopic (exact) mass is 239 g/mol. The van der Waals surface area contributed by atoms with E-state index in [1.54, 1.807) is 0 Å². The zero-order chi connectivity index (χ0) is 12.5. The van der Waals surface area contributed by atoms with Crippen LogP contribution in [-0.4, -0.2) is 24.8 Å². The van der Waals surface area contributed by atoms with Crippen molar-refractivity contribution in [2.24, 2.45) is 0 Å². The highest BCUT2D eigenvalue weighted by Gasteiger charge is 2.03. The summed E-state index contributed by atoms with van der Waals surface area (Å²) in [6.07, 6.45) is 4.23. The van der Waals surface area contributed by atoms with Gasteiger partial charge in [0.1, 0.15) is 5.82 Å². The molecule has 0 saturated carbocycles. The molecule has 0 fully saturated rings. The summed E-state index contributed by atoms with van der Waals surface area (Å²) in [5, 5.41) is 8.68. The number of rotatable bonds is 8. The maximum atomic E-state index is 12.8. The average Bonchev–Trinajstić information content (AvgIpc) is 2.35. The molecule has 1 rings (SSSR count). The predicted molar refractivity (Wildman–Crippen MR) is 69.8 cm³/mol. The van der Waals surface area contributed by atoms with Crippen LogP contribution < -0.4 is 4.90 Å². The van der Waals surface area contributed by atoms with E-state index in [2.05, 4.69) is 11.8 Å². The molecule has 0 saturated heterocycles. The van der Waals surface area contributed by atoms with Gasteiger partial charge >= 0.3 is 0 Å². The van der Waals surface area contributed by atoms with Gasteiger partial charge in [-0.2, -0.15) is 0 Å². The molecule has 1 aromatic rings. The molecule has 0 amide bonds. The fourth-order valence-corrected chi connectivity index (χ4v) is 1.89. The van der Waals surface area contributed by atoms with Gasteiger partial charge in [-0.25, -0.2) is 4.39 Å². The third-order valence-corrected chi connectivity index (χ3v) is 2.91. The first-order valence-electron chi connectivity index (χ1n) is 6.39. The molecular weight excluding hydrogens is 217 g/mol. The summed E-state index contributed by atoms with van der Waals surface area (Å²) in [6, 6.07) is 6.66. The number of aliphatic hydroxyl groups is 1. The Morgan fingerprint density at radius 2 is 1.71 bits per heavy atom. The third-order valence-electron chi connectivity index (χ3n) is 2.91. The lowest BCUT2D eigenvalue weighted by atomic mass is 10.2. The highest BCUT2D eigenvalue weighted by atomic mass is 19.1. The van der Waals surface area contributed by atoms with Gasteiger partial charge < -0.3 is 10.0 Å². The van der Waals surface area contributed by atoms with Crippen LogP contribution in [0.4, 0.5) is 10.1 Å². The summed E-state index contributed by atoms with van der Waals surface area (Å²) in [5.74, 6) is -0.187. The molecule has 17 heavy (non-hydrogen) atoms. The average molecular weight is 239 g/mol. The molecule has 0 aromatic heterocycles. The first-order chi connectivity index (χ1) is 8.27. The second-order valence-electron chi connectivity index (χ2n) is 4.19. The Labute approximate surface area is 103 Å². The number of halogens is 1. The van der Waals surface area contributed by atoms with Crippen LogP contribution in [-0.2, 0) is 0 Å². The molecule has 0 aliphatic heterocycles. The number of anilines is 1. The number of nitrogens with zero attached hydrogens (tertiary/aromatic N) is 1. The van der Waals surface area contributed by atoms with E-state index in [-0.39, 0.29) is 12.4 Å². The van der Waals surface area contributed by atoms with E-state index < -0.39 is 0 Å². The molecule has 0 bridgehead atoms. The van der Waals surface area contributed by atoms with Crippen LogP contribution in [0.25, 0.3) is 0 Å². The van der Waals surface area contributed by atoms with Gasteiger partial charge in [0.15, 0.2) is 0 Å². The van der Waals surface area contributed by atoms with Crippen LogP contribution in [0.15, 0.2) is 24.3 Å². The molecule has 0 spiro atoms. The van der Waals surface area contributed by atoms with Gasteiger partial charge in [-0.05, 0) is 44.0 Å². The molecule has 96 valence electrons. The minimum absolute atomic E-state index is 0.187. The Bertz CT molecular complexity index is 300. The SMILES string of the molecule is CCN(CCCCCCO)c1ccc(F)cc1. The largest absolute Gasteiger partial charge is 0.396 e. The van der Waals surface area contributed by atoms with E-state index in [9.17, 15) is 4.39 Å². The fraction of sp³-hybridized carbons (Fsp3) is 0.571. The van der Waals surface area contributed by atoms with Crippen LogP contribution in [0.2, 0.25) is 0 Å². The summed E-state index contributed by atoms with van der Waals surface area (Å²) in [7, 11) is 0. The highest BCUT2D eigenvalue weighted by Crippen LogP contribution is 2.15. The van der Waals surface area contributed by atoms with Crippen LogP contribution in [0.5, 0.6) is 0 Å². The zero-order valence-corrected chi connectivity index (χ0v) is 10.5. The van der Waals surface area contributed by atoms with E-state index in [0.717, 1.165) is 44.5 Å². The molecular formula is C14H22FNO. The van der Waals surface area contributed by atoms with Crippen molar-refractivity contribution in [3.63, 3.8) is 0 Å². The second kappa shape index (κ2) is 8.07. The van der Waals surface area contributed by atoms with E-state index >= 15 is 0 Å². The molecule has 0 aliphatic rings. The summed E-state index contributed by atoms with van der Waals surface area (Å²) in [6.45, 7) is 4.33. The predicted octanol–water partition coefficient (Wildman–Crippen LogP) is 3.20. The van der Waals surface area contributed by atoms with E-state index in [1.807, 2.05) is 12.1 Å². The normalized spacial score (nSPS) is 10.5. The van der Waals surface area contributed by atoms with E-state index in [0.29, 0.717) is 0 Å². The maximum Gasteiger partial charge on any atom is 0.123 e. The van der Waals surface area contributed by atoms with Gasteiger partial charge in [0.05, 0.1) is 0 Å². The Hall–Kier alpha value is -1.09. The summed E-state index contributed by atoms with van der Waals surface area (Å²) >= 11 is 0. The van der Waals surface area contributed by atoms with Crippen molar-refractivity contribution in [3.8, 4) is 0 Å². The molecule has 1 N–H and O–H groups in total. The first-order valence-corrected chi connectivity index (χ1v) is 6.39. The highest BCUT2D eigenvalue weighted by molar-refractivity contribution is 5.45. The van der Waals surface area contributed by atoms with Crippen molar-refractivity contribution in [2.45, 2.75) is 32.6 Å². The van der Waals surface area contributed by atoms with Crippen molar-refractivity contribution < 1.29 is 9.50 Å². The Morgan fingerprint density at radius 1 is 1.06 bits per heavy atom. The topological polar surface area (TPSA) is 23.5 Å². The van der Waals surface area contributed by atoms with Gasteiger partial charge in [-0.3, -0.25) is 0 Å².